The average Bonchev–Trinajstić information content (AvgIpc) is 2.27. The number of carbonyl (C=O) groups excluding carboxylic acids is 2. The first-order valence-electron chi connectivity index (χ1n) is 4.92. The van der Waals surface area contributed by atoms with Gasteiger partial charge >= 0.3 is 0 Å². The topological polar surface area (TPSA) is 60.2 Å². The van der Waals surface area contributed by atoms with Crippen LogP contribution in [0.25, 0.3) is 0 Å². The lowest BCUT2D eigenvalue weighted by atomic mass is 9.95. The van der Waals surface area contributed by atoms with Gasteiger partial charge in [-0.15, -0.1) is 0 Å². The van der Waals surface area contributed by atoms with Crippen molar-refractivity contribution in [3.05, 3.63) is 34.9 Å². The maximum atomic E-state index is 11.7. The number of hydrogen-bond donors (Lipinski definition) is 1. The van der Waals surface area contributed by atoms with E-state index in [1.54, 1.807) is 18.2 Å². The number of rotatable bonds is 4. The number of ketones is 1. The molecule has 0 aliphatic heterocycles. The van der Waals surface area contributed by atoms with Crippen LogP contribution in [-0.2, 0) is 6.54 Å². The molecule has 3 heteroatoms. The lowest BCUT2D eigenvalue weighted by molar-refractivity contribution is 0.0934. The second-order valence-electron chi connectivity index (χ2n) is 3.76. The maximum absolute atomic E-state index is 11.7. The summed E-state index contributed by atoms with van der Waals surface area (Å²) in [5.41, 5.74) is 7.23. The van der Waals surface area contributed by atoms with Gasteiger partial charge in [-0.05, 0) is 11.6 Å². The molecule has 1 aromatic rings. The van der Waals surface area contributed by atoms with Crippen LogP contribution in [0, 0.1) is 5.92 Å². The van der Waals surface area contributed by atoms with E-state index in [1.807, 2.05) is 13.8 Å². The van der Waals surface area contributed by atoms with Crippen LogP contribution in [0.4, 0.5) is 0 Å². The fourth-order valence-corrected chi connectivity index (χ4v) is 1.37. The molecule has 3 nitrogen and oxygen atoms in total. The summed E-state index contributed by atoms with van der Waals surface area (Å²) in [6.07, 6.45) is 0.703. The number of nitrogens with two attached hydrogens (primary N) is 1. The zero-order chi connectivity index (χ0) is 11.4. The molecular weight excluding hydrogens is 190 g/mol. The number of aldehydes is 1. The smallest absolute Gasteiger partial charge is 0.166 e. The number of benzene rings is 1. The Morgan fingerprint density at radius 1 is 1.47 bits per heavy atom. The number of Topliss-reactive ketones (excluding diaryl/α,β-unsaturated/α-hetero) is 1. The van der Waals surface area contributed by atoms with E-state index in [2.05, 4.69) is 0 Å². The summed E-state index contributed by atoms with van der Waals surface area (Å²) in [6.45, 7) is 4.00. The molecule has 0 aliphatic carbocycles. The van der Waals surface area contributed by atoms with Crippen LogP contribution in [0.2, 0.25) is 0 Å². The molecule has 80 valence electrons. The van der Waals surface area contributed by atoms with Crippen molar-refractivity contribution in [2.45, 2.75) is 20.4 Å². The second kappa shape index (κ2) is 4.84. The largest absolute Gasteiger partial charge is 0.326 e. The van der Waals surface area contributed by atoms with E-state index in [9.17, 15) is 9.59 Å². The van der Waals surface area contributed by atoms with Gasteiger partial charge in [-0.1, -0.05) is 26.0 Å². The molecule has 0 unspecified atom stereocenters. The molecule has 15 heavy (non-hydrogen) atoms. The minimum absolute atomic E-state index is 0.0133. The molecule has 0 amide bonds. The minimum atomic E-state index is -0.104. The number of carbonyl (C=O) groups is 2. The molecular formula is C12H15NO2. The molecule has 2 N–H and O–H groups in total. The summed E-state index contributed by atoms with van der Waals surface area (Å²) >= 11 is 0. The molecule has 0 aliphatic rings. The summed E-state index contributed by atoms with van der Waals surface area (Å²) in [4.78, 5) is 22.6. The highest BCUT2D eigenvalue weighted by Crippen LogP contribution is 2.14. The van der Waals surface area contributed by atoms with E-state index in [-0.39, 0.29) is 11.7 Å². The van der Waals surface area contributed by atoms with Crippen LogP contribution in [0.5, 0.6) is 0 Å². The Labute approximate surface area is 89.3 Å². The molecule has 0 fully saturated rings. The first kappa shape index (κ1) is 11.6. The molecule has 0 saturated carbocycles. The monoisotopic (exact) mass is 205 g/mol. The van der Waals surface area contributed by atoms with Gasteiger partial charge in [0.05, 0.1) is 0 Å². The van der Waals surface area contributed by atoms with Crippen molar-refractivity contribution in [3.63, 3.8) is 0 Å². The summed E-state index contributed by atoms with van der Waals surface area (Å²) in [6, 6.07) is 5.12. The van der Waals surface area contributed by atoms with Gasteiger partial charge < -0.3 is 5.73 Å². The zero-order valence-corrected chi connectivity index (χ0v) is 8.99. The normalized spacial score (nSPS) is 10.4. The first-order chi connectivity index (χ1) is 7.10. The Bertz CT molecular complexity index is 383. The highest BCUT2D eigenvalue weighted by molar-refractivity contribution is 6.03. The highest BCUT2D eigenvalue weighted by Gasteiger charge is 2.14. The summed E-state index contributed by atoms with van der Waals surface area (Å²) in [5, 5.41) is 0. The lowest BCUT2D eigenvalue weighted by Crippen LogP contribution is -2.11. The molecule has 0 atom stereocenters. The van der Waals surface area contributed by atoms with Gasteiger partial charge in [0.25, 0.3) is 0 Å². The van der Waals surface area contributed by atoms with Crippen molar-refractivity contribution in [2.24, 2.45) is 11.7 Å². The molecule has 1 rings (SSSR count). The molecule has 0 radical (unpaired) electrons. The van der Waals surface area contributed by atoms with Gasteiger partial charge in [0.15, 0.2) is 12.1 Å². The summed E-state index contributed by atoms with van der Waals surface area (Å²) in [5.74, 6) is -0.118. The molecule has 1 aromatic carbocycles. The quantitative estimate of drug-likeness (QED) is 0.602. The Morgan fingerprint density at radius 2 is 2.13 bits per heavy atom. The molecule has 0 bridgehead atoms. The number of hydrogen-bond acceptors (Lipinski definition) is 3. The highest BCUT2D eigenvalue weighted by atomic mass is 16.1. The minimum Gasteiger partial charge on any atom is -0.326 e. The van der Waals surface area contributed by atoms with Crippen molar-refractivity contribution in [1.82, 2.24) is 0 Å². The van der Waals surface area contributed by atoms with Crippen LogP contribution in [0.15, 0.2) is 18.2 Å². The third-order valence-corrected chi connectivity index (χ3v) is 2.27. The SMILES string of the molecule is CC(C)C(=O)c1ccc(CN)cc1C=O. The van der Waals surface area contributed by atoms with Gasteiger partial charge in [-0.3, -0.25) is 9.59 Å². The van der Waals surface area contributed by atoms with E-state index >= 15 is 0 Å². The van der Waals surface area contributed by atoms with Crippen molar-refractivity contribution < 1.29 is 9.59 Å². The van der Waals surface area contributed by atoms with E-state index in [4.69, 9.17) is 5.73 Å². The standard InChI is InChI=1S/C12H15NO2/c1-8(2)12(15)11-4-3-9(6-13)5-10(11)7-14/h3-5,7-8H,6,13H2,1-2H3. The van der Waals surface area contributed by atoms with Crippen LogP contribution in [0.1, 0.15) is 40.1 Å². The fourth-order valence-electron chi connectivity index (χ4n) is 1.37. The van der Waals surface area contributed by atoms with Gasteiger partial charge in [-0.2, -0.15) is 0 Å². The third kappa shape index (κ3) is 2.50. The van der Waals surface area contributed by atoms with Crippen LogP contribution in [0.3, 0.4) is 0 Å². The zero-order valence-electron chi connectivity index (χ0n) is 8.99. The average molecular weight is 205 g/mol. The van der Waals surface area contributed by atoms with E-state index in [0.717, 1.165) is 5.56 Å². The van der Waals surface area contributed by atoms with Crippen LogP contribution >= 0.6 is 0 Å². The van der Waals surface area contributed by atoms with Crippen molar-refractivity contribution in [2.75, 3.05) is 0 Å². The summed E-state index contributed by atoms with van der Waals surface area (Å²) < 4.78 is 0. The Hall–Kier alpha value is -1.48. The third-order valence-electron chi connectivity index (χ3n) is 2.27. The van der Waals surface area contributed by atoms with Crippen molar-refractivity contribution in [1.29, 1.82) is 0 Å². The van der Waals surface area contributed by atoms with Gasteiger partial charge in [-0.25, -0.2) is 0 Å². The fraction of sp³-hybridized carbons (Fsp3) is 0.333. The van der Waals surface area contributed by atoms with Gasteiger partial charge in [0.1, 0.15) is 0 Å². The summed E-state index contributed by atoms with van der Waals surface area (Å²) in [7, 11) is 0. The van der Waals surface area contributed by atoms with Crippen molar-refractivity contribution in [3.8, 4) is 0 Å². The Morgan fingerprint density at radius 3 is 2.60 bits per heavy atom. The maximum Gasteiger partial charge on any atom is 0.166 e. The predicted molar refractivity (Wildman–Crippen MR) is 58.9 cm³/mol. The second-order valence-corrected chi connectivity index (χ2v) is 3.76. The molecule has 0 spiro atoms. The molecule has 0 saturated heterocycles. The molecule has 0 heterocycles. The van der Waals surface area contributed by atoms with Gasteiger partial charge in [0.2, 0.25) is 0 Å². The van der Waals surface area contributed by atoms with E-state index in [0.29, 0.717) is 24.0 Å². The first-order valence-corrected chi connectivity index (χ1v) is 4.92. The van der Waals surface area contributed by atoms with Gasteiger partial charge in [0, 0.05) is 23.6 Å². The molecule has 0 aromatic heterocycles. The Kier molecular flexibility index (Phi) is 3.74. The van der Waals surface area contributed by atoms with E-state index in [1.165, 1.54) is 0 Å². The van der Waals surface area contributed by atoms with E-state index < -0.39 is 0 Å². The van der Waals surface area contributed by atoms with Crippen molar-refractivity contribution >= 4 is 12.1 Å². The predicted octanol–water partition coefficient (Wildman–Crippen LogP) is 1.80. The van der Waals surface area contributed by atoms with Crippen LogP contribution in [-0.4, -0.2) is 12.1 Å². The van der Waals surface area contributed by atoms with Crippen LogP contribution < -0.4 is 5.73 Å². The lowest BCUT2D eigenvalue weighted by Gasteiger charge is -2.08. The Balaban J connectivity index is 3.19.